The standard InChI is InChI=1S/C19H17Cl2F3N2O2S/c1-29-9-8-16(26-17(27)12-4-2-3-5-14(12)20)18(28)25-11-6-7-15(21)13(10-11)19(22,23)24/h2-7,10,16H,8-9H2,1H3,(H,25,28)(H,26,27). The Morgan fingerprint density at radius 2 is 1.79 bits per heavy atom. The Labute approximate surface area is 180 Å². The molecule has 0 aliphatic rings. The van der Waals surface area contributed by atoms with Crippen LogP contribution in [-0.4, -0.2) is 29.9 Å². The van der Waals surface area contributed by atoms with E-state index in [9.17, 15) is 22.8 Å². The SMILES string of the molecule is CSCCC(NC(=O)c1ccccc1Cl)C(=O)Nc1ccc(Cl)c(C(F)(F)F)c1. The number of carbonyl (C=O) groups is 2. The molecule has 4 nitrogen and oxygen atoms in total. The van der Waals surface area contributed by atoms with E-state index in [1.807, 2.05) is 6.26 Å². The average molecular weight is 465 g/mol. The van der Waals surface area contributed by atoms with Crippen LogP contribution in [0.15, 0.2) is 42.5 Å². The summed E-state index contributed by atoms with van der Waals surface area (Å²) in [6.45, 7) is 0. The first-order valence-electron chi connectivity index (χ1n) is 8.35. The van der Waals surface area contributed by atoms with Gasteiger partial charge in [0.2, 0.25) is 5.91 Å². The maximum absolute atomic E-state index is 13.0. The van der Waals surface area contributed by atoms with E-state index in [0.717, 1.165) is 12.1 Å². The number of thioether (sulfide) groups is 1. The lowest BCUT2D eigenvalue weighted by atomic mass is 10.1. The molecule has 0 saturated heterocycles. The summed E-state index contributed by atoms with van der Waals surface area (Å²) >= 11 is 13.1. The third-order valence-corrected chi connectivity index (χ3v) is 5.19. The van der Waals surface area contributed by atoms with Crippen LogP contribution in [0.4, 0.5) is 18.9 Å². The molecule has 2 aromatic carbocycles. The van der Waals surface area contributed by atoms with Gasteiger partial charge in [-0.25, -0.2) is 0 Å². The van der Waals surface area contributed by atoms with Crippen LogP contribution in [0, 0.1) is 0 Å². The Hall–Kier alpha value is -1.90. The molecule has 0 radical (unpaired) electrons. The molecule has 0 aromatic heterocycles. The van der Waals surface area contributed by atoms with Gasteiger partial charge in [-0.2, -0.15) is 24.9 Å². The third kappa shape index (κ3) is 6.55. The van der Waals surface area contributed by atoms with E-state index in [-0.39, 0.29) is 22.7 Å². The number of halogens is 5. The van der Waals surface area contributed by atoms with Gasteiger partial charge in [0, 0.05) is 5.69 Å². The predicted molar refractivity (Wildman–Crippen MR) is 111 cm³/mol. The van der Waals surface area contributed by atoms with E-state index in [4.69, 9.17) is 23.2 Å². The molecule has 0 fully saturated rings. The molecule has 0 heterocycles. The Balaban J connectivity index is 2.19. The summed E-state index contributed by atoms with van der Waals surface area (Å²) in [5.41, 5.74) is -0.937. The summed E-state index contributed by atoms with van der Waals surface area (Å²) in [6.07, 6.45) is -2.54. The highest BCUT2D eigenvalue weighted by Gasteiger charge is 2.33. The van der Waals surface area contributed by atoms with Gasteiger partial charge in [0.1, 0.15) is 6.04 Å². The maximum Gasteiger partial charge on any atom is 0.417 e. The lowest BCUT2D eigenvalue weighted by Crippen LogP contribution is -2.44. The first kappa shape index (κ1) is 23.4. The normalized spacial score (nSPS) is 12.3. The molecule has 0 aliphatic heterocycles. The van der Waals surface area contributed by atoms with Crippen LogP contribution in [0.1, 0.15) is 22.3 Å². The first-order valence-corrected chi connectivity index (χ1v) is 10.5. The van der Waals surface area contributed by atoms with Crippen molar-refractivity contribution in [2.45, 2.75) is 18.6 Å². The fourth-order valence-corrected chi connectivity index (χ4v) is 3.35. The number of nitrogens with one attached hydrogen (secondary N) is 2. The van der Waals surface area contributed by atoms with E-state index < -0.39 is 34.6 Å². The van der Waals surface area contributed by atoms with Gasteiger partial charge in [-0.15, -0.1) is 0 Å². The number of hydrogen-bond donors (Lipinski definition) is 2. The minimum Gasteiger partial charge on any atom is -0.340 e. The van der Waals surface area contributed by atoms with E-state index in [1.54, 1.807) is 18.2 Å². The van der Waals surface area contributed by atoms with Crippen molar-refractivity contribution >= 4 is 52.5 Å². The van der Waals surface area contributed by atoms with Crippen molar-refractivity contribution in [3.05, 3.63) is 63.6 Å². The topological polar surface area (TPSA) is 58.2 Å². The summed E-state index contributed by atoms with van der Waals surface area (Å²) in [7, 11) is 0. The molecule has 2 amide bonds. The molecule has 1 unspecified atom stereocenters. The average Bonchev–Trinajstić information content (AvgIpc) is 2.65. The van der Waals surface area contributed by atoms with Crippen molar-refractivity contribution in [2.75, 3.05) is 17.3 Å². The van der Waals surface area contributed by atoms with E-state index >= 15 is 0 Å². The Morgan fingerprint density at radius 3 is 2.41 bits per heavy atom. The Bertz CT molecular complexity index is 894. The molecule has 2 rings (SSSR count). The number of hydrogen-bond acceptors (Lipinski definition) is 3. The summed E-state index contributed by atoms with van der Waals surface area (Å²) < 4.78 is 39.1. The zero-order chi connectivity index (χ0) is 21.6. The van der Waals surface area contributed by atoms with Gasteiger partial charge < -0.3 is 10.6 Å². The highest BCUT2D eigenvalue weighted by atomic mass is 35.5. The minimum absolute atomic E-state index is 0.0760. The molecule has 1 atom stereocenters. The molecule has 0 aliphatic carbocycles. The van der Waals surface area contributed by atoms with E-state index in [1.165, 1.54) is 23.9 Å². The highest BCUT2D eigenvalue weighted by Crippen LogP contribution is 2.36. The molecule has 2 aromatic rings. The minimum atomic E-state index is -4.66. The van der Waals surface area contributed by atoms with Crippen LogP contribution in [-0.2, 0) is 11.0 Å². The predicted octanol–water partition coefficient (Wildman–Crippen LogP) is 5.50. The second kappa shape index (κ2) is 10.2. The van der Waals surface area contributed by atoms with Gasteiger partial charge in [-0.05, 0) is 48.8 Å². The fraction of sp³-hybridized carbons (Fsp3) is 0.263. The van der Waals surface area contributed by atoms with Gasteiger partial charge in [-0.3, -0.25) is 9.59 Å². The van der Waals surface area contributed by atoms with Crippen molar-refractivity contribution < 1.29 is 22.8 Å². The van der Waals surface area contributed by atoms with Crippen molar-refractivity contribution in [1.82, 2.24) is 5.32 Å². The van der Waals surface area contributed by atoms with Crippen molar-refractivity contribution in [3.63, 3.8) is 0 Å². The Kier molecular flexibility index (Phi) is 8.24. The quantitative estimate of drug-likeness (QED) is 0.568. The third-order valence-electron chi connectivity index (χ3n) is 3.89. The van der Waals surface area contributed by atoms with Crippen LogP contribution < -0.4 is 10.6 Å². The Morgan fingerprint density at radius 1 is 1.10 bits per heavy atom. The smallest absolute Gasteiger partial charge is 0.340 e. The lowest BCUT2D eigenvalue weighted by Gasteiger charge is -2.19. The molecule has 156 valence electrons. The summed E-state index contributed by atoms with van der Waals surface area (Å²) in [4.78, 5) is 25.1. The molecule has 29 heavy (non-hydrogen) atoms. The van der Waals surface area contributed by atoms with Gasteiger partial charge in [0.15, 0.2) is 0 Å². The molecule has 0 saturated carbocycles. The number of alkyl halides is 3. The lowest BCUT2D eigenvalue weighted by molar-refractivity contribution is -0.137. The number of rotatable bonds is 7. The van der Waals surface area contributed by atoms with Crippen LogP contribution in [0.5, 0.6) is 0 Å². The largest absolute Gasteiger partial charge is 0.417 e. The zero-order valence-corrected chi connectivity index (χ0v) is 17.5. The fourth-order valence-electron chi connectivity index (χ4n) is 2.44. The van der Waals surface area contributed by atoms with Gasteiger partial charge in [-0.1, -0.05) is 35.3 Å². The molecule has 2 N–H and O–H groups in total. The monoisotopic (exact) mass is 464 g/mol. The molecular formula is C19H17Cl2F3N2O2S. The van der Waals surface area contributed by atoms with Gasteiger partial charge in [0.05, 0.1) is 21.2 Å². The number of anilines is 1. The van der Waals surface area contributed by atoms with Crippen LogP contribution in [0.3, 0.4) is 0 Å². The maximum atomic E-state index is 13.0. The van der Waals surface area contributed by atoms with Crippen LogP contribution in [0.25, 0.3) is 0 Å². The van der Waals surface area contributed by atoms with E-state index in [2.05, 4.69) is 10.6 Å². The van der Waals surface area contributed by atoms with Gasteiger partial charge in [0.25, 0.3) is 5.91 Å². The summed E-state index contributed by atoms with van der Waals surface area (Å²) in [6, 6.07) is 8.45. The molecule has 10 heteroatoms. The molecule has 0 bridgehead atoms. The second-order valence-corrected chi connectivity index (χ2v) is 7.77. The number of amides is 2. The second-order valence-electron chi connectivity index (χ2n) is 5.97. The summed E-state index contributed by atoms with van der Waals surface area (Å²) in [5, 5.41) is 4.75. The zero-order valence-electron chi connectivity index (χ0n) is 15.1. The molecule has 0 spiro atoms. The van der Waals surface area contributed by atoms with Crippen molar-refractivity contribution in [2.24, 2.45) is 0 Å². The molecular weight excluding hydrogens is 448 g/mol. The van der Waals surface area contributed by atoms with E-state index in [0.29, 0.717) is 5.75 Å². The first-order chi connectivity index (χ1) is 13.6. The van der Waals surface area contributed by atoms with Crippen LogP contribution >= 0.6 is 35.0 Å². The van der Waals surface area contributed by atoms with Crippen molar-refractivity contribution in [3.8, 4) is 0 Å². The number of benzene rings is 2. The summed E-state index contributed by atoms with van der Waals surface area (Å²) in [5.74, 6) is -0.645. The van der Waals surface area contributed by atoms with Crippen molar-refractivity contribution in [1.29, 1.82) is 0 Å². The number of carbonyl (C=O) groups excluding carboxylic acids is 2. The highest BCUT2D eigenvalue weighted by molar-refractivity contribution is 7.98. The van der Waals surface area contributed by atoms with Crippen LogP contribution in [0.2, 0.25) is 10.0 Å². The van der Waals surface area contributed by atoms with Gasteiger partial charge >= 0.3 is 6.18 Å².